The minimum Gasteiger partial charge on any atom is -0.476 e. The molecule has 0 radical (unpaired) electrons. The lowest BCUT2D eigenvalue weighted by Crippen LogP contribution is -2.29. The molecule has 5 heteroatoms. The van der Waals surface area contributed by atoms with E-state index in [-0.39, 0.29) is 0 Å². The van der Waals surface area contributed by atoms with E-state index in [0.717, 1.165) is 18.9 Å². The summed E-state index contributed by atoms with van der Waals surface area (Å²) < 4.78 is 5.41. The Morgan fingerprint density at radius 2 is 2.15 bits per heavy atom. The van der Waals surface area contributed by atoms with Crippen molar-refractivity contribution in [1.82, 2.24) is 9.88 Å². The van der Waals surface area contributed by atoms with E-state index >= 15 is 0 Å². The number of hydrogen-bond acceptors (Lipinski definition) is 5. The number of aromatic nitrogens is 1. The van der Waals surface area contributed by atoms with Crippen molar-refractivity contribution >= 4 is 11.5 Å². The van der Waals surface area contributed by atoms with Crippen LogP contribution < -0.4 is 15.8 Å². The van der Waals surface area contributed by atoms with E-state index in [0.29, 0.717) is 24.1 Å². The normalized spacial score (nSPS) is 17.1. The summed E-state index contributed by atoms with van der Waals surface area (Å²) in [5.41, 5.74) is 6.40. The molecule has 1 fully saturated rings. The van der Waals surface area contributed by atoms with Gasteiger partial charge in [0.25, 0.3) is 0 Å². The molecule has 1 aliphatic heterocycles. The lowest BCUT2D eigenvalue weighted by Gasteiger charge is -2.20. The highest BCUT2D eigenvalue weighted by Gasteiger charge is 2.14. The summed E-state index contributed by atoms with van der Waals surface area (Å²) in [6.45, 7) is 9.34. The number of hydrogen-bond donors (Lipinski definition) is 2. The van der Waals surface area contributed by atoms with Crippen LogP contribution in [0.2, 0.25) is 0 Å². The molecular formula is C15H26N4O. The van der Waals surface area contributed by atoms with E-state index in [2.05, 4.69) is 22.1 Å². The summed E-state index contributed by atoms with van der Waals surface area (Å²) >= 11 is 0. The topological polar surface area (TPSA) is 63.4 Å². The maximum absolute atomic E-state index is 5.82. The highest BCUT2D eigenvalue weighted by Crippen LogP contribution is 2.21. The van der Waals surface area contributed by atoms with Gasteiger partial charge in [-0.05, 0) is 50.9 Å². The fraction of sp³-hybridized carbons (Fsp3) is 0.667. The highest BCUT2D eigenvalue weighted by molar-refractivity contribution is 5.53. The first-order valence-corrected chi connectivity index (χ1v) is 7.54. The summed E-state index contributed by atoms with van der Waals surface area (Å²) in [7, 11) is 0. The van der Waals surface area contributed by atoms with Crippen LogP contribution in [0.15, 0.2) is 12.1 Å². The Hall–Kier alpha value is -1.49. The molecule has 0 amide bonds. The quantitative estimate of drug-likeness (QED) is 0.800. The van der Waals surface area contributed by atoms with Crippen LogP contribution in [0, 0.1) is 5.92 Å². The minimum atomic E-state index is 0.518. The largest absolute Gasteiger partial charge is 0.476 e. The maximum Gasteiger partial charge on any atom is 0.239 e. The van der Waals surface area contributed by atoms with E-state index in [1.165, 1.54) is 25.9 Å². The summed E-state index contributed by atoms with van der Waals surface area (Å²) in [5, 5.41) is 3.37. The van der Waals surface area contributed by atoms with Crippen molar-refractivity contribution in [1.29, 1.82) is 0 Å². The minimum absolute atomic E-state index is 0.518. The number of likely N-dealkylation sites (tertiary alicyclic amines) is 1. The van der Waals surface area contributed by atoms with Crippen LogP contribution in [0.1, 0.15) is 26.7 Å². The molecule has 1 unspecified atom stereocenters. The van der Waals surface area contributed by atoms with Crippen LogP contribution >= 0.6 is 0 Å². The molecule has 1 aliphatic rings. The number of pyridine rings is 1. The smallest absolute Gasteiger partial charge is 0.239 e. The Kier molecular flexibility index (Phi) is 5.47. The third kappa shape index (κ3) is 4.27. The lowest BCUT2D eigenvalue weighted by molar-refractivity contribution is 0.294. The van der Waals surface area contributed by atoms with Crippen LogP contribution in [0.4, 0.5) is 11.5 Å². The van der Waals surface area contributed by atoms with Crippen molar-refractivity contribution in [3.8, 4) is 5.88 Å². The Labute approximate surface area is 121 Å². The predicted octanol–water partition coefficient (Wildman–Crippen LogP) is 2.21. The van der Waals surface area contributed by atoms with Gasteiger partial charge in [0.05, 0.1) is 12.3 Å². The van der Waals surface area contributed by atoms with Crippen LogP contribution in [-0.2, 0) is 0 Å². The average molecular weight is 278 g/mol. The molecule has 3 N–H and O–H groups in total. The van der Waals surface area contributed by atoms with E-state index in [1.54, 1.807) is 0 Å². The fourth-order valence-electron chi connectivity index (χ4n) is 2.55. The highest BCUT2D eigenvalue weighted by atomic mass is 16.5. The van der Waals surface area contributed by atoms with Gasteiger partial charge in [0.1, 0.15) is 5.82 Å². The zero-order valence-electron chi connectivity index (χ0n) is 12.6. The summed E-state index contributed by atoms with van der Waals surface area (Å²) in [6.07, 6.45) is 2.69. The molecule has 1 saturated heterocycles. The summed E-state index contributed by atoms with van der Waals surface area (Å²) in [6, 6.07) is 3.74. The average Bonchev–Trinajstić information content (AvgIpc) is 2.93. The van der Waals surface area contributed by atoms with Gasteiger partial charge in [0, 0.05) is 13.1 Å². The van der Waals surface area contributed by atoms with E-state index in [1.807, 2.05) is 19.1 Å². The second kappa shape index (κ2) is 7.33. The Balaban J connectivity index is 1.81. The second-order valence-electron chi connectivity index (χ2n) is 5.52. The number of nitrogens with one attached hydrogen (secondary N) is 1. The van der Waals surface area contributed by atoms with Gasteiger partial charge < -0.3 is 20.7 Å². The molecule has 5 nitrogen and oxygen atoms in total. The molecule has 2 heterocycles. The molecule has 112 valence electrons. The van der Waals surface area contributed by atoms with Gasteiger partial charge in [0.2, 0.25) is 5.88 Å². The number of nitrogens with two attached hydrogens (primary N) is 1. The van der Waals surface area contributed by atoms with Gasteiger partial charge >= 0.3 is 0 Å². The van der Waals surface area contributed by atoms with Crippen LogP contribution in [0.3, 0.4) is 0 Å². The van der Waals surface area contributed by atoms with Crippen molar-refractivity contribution < 1.29 is 4.74 Å². The van der Waals surface area contributed by atoms with Crippen molar-refractivity contribution in [2.45, 2.75) is 26.7 Å². The van der Waals surface area contributed by atoms with Gasteiger partial charge in [-0.15, -0.1) is 0 Å². The number of nitrogen functional groups attached to an aromatic ring is 1. The van der Waals surface area contributed by atoms with Gasteiger partial charge in [-0.25, -0.2) is 0 Å². The lowest BCUT2D eigenvalue weighted by atomic mass is 10.1. The monoisotopic (exact) mass is 278 g/mol. The number of ether oxygens (including phenoxy) is 1. The Bertz CT molecular complexity index is 418. The molecule has 1 aromatic heterocycles. The molecule has 1 atom stereocenters. The van der Waals surface area contributed by atoms with Gasteiger partial charge in [-0.2, -0.15) is 4.98 Å². The second-order valence-corrected chi connectivity index (χ2v) is 5.52. The van der Waals surface area contributed by atoms with E-state index in [9.17, 15) is 0 Å². The predicted molar refractivity (Wildman–Crippen MR) is 83.1 cm³/mol. The molecule has 0 spiro atoms. The first kappa shape index (κ1) is 14.9. The molecular weight excluding hydrogens is 252 g/mol. The Morgan fingerprint density at radius 1 is 1.40 bits per heavy atom. The summed E-state index contributed by atoms with van der Waals surface area (Å²) in [5.74, 6) is 1.95. The van der Waals surface area contributed by atoms with Crippen LogP contribution in [0.25, 0.3) is 0 Å². The van der Waals surface area contributed by atoms with Crippen molar-refractivity contribution in [2.75, 3.05) is 43.8 Å². The third-order valence-corrected chi connectivity index (χ3v) is 3.57. The van der Waals surface area contributed by atoms with Crippen molar-refractivity contribution in [3.63, 3.8) is 0 Å². The Morgan fingerprint density at radius 3 is 2.85 bits per heavy atom. The SMILES string of the molecule is CCOc1nc(NCC(C)CN2CCCC2)ccc1N. The maximum atomic E-state index is 5.82. The van der Waals surface area contributed by atoms with E-state index in [4.69, 9.17) is 10.5 Å². The molecule has 0 aliphatic carbocycles. The number of anilines is 2. The molecule has 1 aromatic rings. The summed E-state index contributed by atoms with van der Waals surface area (Å²) in [4.78, 5) is 6.93. The molecule has 2 rings (SSSR count). The zero-order chi connectivity index (χ0) is 14.4. The fourth-order valence-corrected chi connectivity index (χ4v) is 2.55. The van der Waals surface area contributed by atoms with Crippen molar-refractivity contribution in [2.24, 2.45) is 5.92 Å². The van der Waals surface area contributed by atoms with Crippen LogP contribution in [-0.4, -0.2) is 42.7 Å². The third-order valence-electron chi connectivity index (χ3n) is 3.57. The number of rotatable bonds is 7. The first-order chi connectivity index (χ1) is 9.69. The van der Waals surface area contributed by atoms with Crippen LogP contribution in [0.5, 0.6) is 5.88 Å². The molecule has 0 bridgehead atoms. The first-order valence-electron chi connectivity index (χ1n) is 7.54. The molecule has 0 saturated carbocycles. The molecule has 0 aromatic carbocycles. The van der Waals surface area contributed by atoms with Crippen molar-refractivity contribution in [3.05, 3.63) is 12.1 Å². The zero-order valence-corrected chi connectivity index (χ0v) is 12.6. The van der Waals surface area contributed by atoms with Gasteiger partial charge in [-0.1, -0.05) is 6.92 Å². The van der Waals surface area contributed by atoms with E-state index < -0.39 is 0 Å². The number of nitrogens with zero attached hydrogens (tertiary/aromatic N) is 2. The standard InChI is InChI=1S/C15H26N4O/c1-3-20-15-13(16)6-7-14(18-15)17-10-12(2)11-19-8-4-5-9-19/h6-7,12H,3-5,8-11,16H2,1-2H3,(H,17,18). The molecule has 20 heavy (non-hydrogen) atoms. The van der Waals surface area contributed by atoms with Gasteiger partial charge in [0.15, 0.2) is 0 Å². The van der Waals surface area contributed by atoms with Gasteiger partial charge in [-0.3, -0.25) is 0 Å².